The third-order valence-corrected chi connectivity index (χ3v) is 5.80. The second-order valence-corrected chi connectivity index (χ2v) is 7.68. The van der Waals surface area contributed by atoms with Gasteiger partial charge in [-0.25, -0.2) is 0 Å². The Balaban J connectivity index is 1.56. The molecule has 1 heterocycles. The molecule has 1 amide bonds. The Morgan fingerprint density at radius 3 is 2.27 bits per heavy atom. The Hall–Kier alpha value is -2.73. The summed E-state index contributed by atoms with van der Waals surface area (Å²) in [6.45, 7) is 4.52. The van der Waals surface area contributed by atoms with Gasteiger partial charge in [-0.15, -0.1) is 0 Å². The number of ether oxygens (including phenoxy) is 3. The monoisotopic (exact) mass is 412 g/mol. The standard InChI is InChI=1S/C24H32N2O4/c1-17(18-8-6-5-7-9-18)25-24(27)19-12-14-26(15-13-19)16-20-10-11-21(28-2)23(30-4)22(20)29-3/h5-11,17,19H,12-16H2,1-4H3,(H,25,27)/t17-/m1/s1. The van der Waals surface area contributed by atoms with Crippen molar-refractivity contribution in [2.45, 2.75) is 32.4 Å². The minimum Gasteiger partial charge on any atom is -0.493 e. The van der Waals surface area contributed by atoms with Crippen LogP contribution in [0.25, 0.3) is 0 Å². The molecule has 1 aliphatic rings. The molecule has 2 aromatic rings. The Kier molecular flexibility index (Phi) is 7.57. The van der Waals surface area contributed by atoms with Gasteiger partial charge in [-0.05, 0) is 44.5 Å². The van der Waals surface area contributed by atoms with Gasteiger partial charge < -0.3 is 19.5 Å². The lowest BCUT2D eigenvalue weighted by Crippen LogP contribution is -2.40. The molecule has 0 saturated carbocycles. The van der Waals surface area contributed by atoms with Crippen molar-refractivity contribution in [1.29, 1.82) is 0 Å². The van der Waals surface area contributed by atoms with Crippen molar-refractivity contribution in [3.63, 3.8) is 0 Å². The Bertz CT molecular complexity index is 833. The fourth-order valence-corrected chi connectivity index (χ4v) is 4.04. The highest BCUT2D eigenvalue weighted by Gasteiger charge is 2.27. The van der Waals surface area contributed by atoms with Crippen LogP contribution in [0.1, 0.15) is 36.9 Å². The van der Waals surface area contributed by atoms with Crippen molar-refractivity contribution < 1.29 is 19.0 Å². The van der Waals surface area contributed by atoms with Crippen molar-refractivity contribution in [2.75, 3.05) is 34.4 Å². The fraction of sp³-hybridized carbons (Fsp3) is 0.458. The van der Waals surface area contributed by atoms with E-state index in [0.29, 0.717) is 17.2 Å². The summed E-state index contributed by atoms with van der Waals surface area (Å²) in [5, 5.41) is 3.17. The summed E-state index contributed by atoms with van der Waals surface area (Å²) in [4.78, 5) is 15.1. The highest BCUT2D eigenvalue weighted by Crippen LogP contribution is 2.40. The van der Waals surface area contributed by atoms with Gasteiger partial charge in [0.25, 0.3) is 0 Å². The normalized spacial score (nSPS) is 16.0. The fourth-order valence-electron chi connectivity index (χ4n) is 4.04. The molecule has 0 unspecified atom stereocenters. The summed E-state index contributed by atoms with van der Waals surface area (Å²) in [7, 11) is 4.88. The quantitative estimate of drug-likeness (QED) is 0.715. The Morgan fingerprint density at radius 1 is 1.00 bits per heavy atom. The summed E-state index contributed by atoms with van der Waals surface area (Å²) in [5.41, 5.74) is 2.18. The number of carbonyl (C=O) groups is 1. The molecule has 3 rings (SSSR count). The van der Waals surface area contributed by atoms with Crippen molar-refractivity contribution in [2.24, 2.45) is 5.92 Å². The number of rotatable bonds is 8. The number of hydrogen-bond acceptors (Lipinski definition) is 5. The Morgan fingerprint density at radius 2 is 1.67 bits per heavy atom. The number of nitrogens with zero attached hydrogens (tertiary/aromatic N) is 1. The van der Waals surface area contributed by atoms with Gasteiger partial charge in [0.2, 0.25) is 11.7 Å². The van der Waals surface area contributed by atoms with Crippen LogP contribution < -0.4 is 19.5 Å². The number of hydrogen-bond donors (Lipinski definition) is 1. The van der Waals surface area contributed by atoms with Crippen molar-refractivity contribution in [3.8, 4) is 17.2 Å². The highest BCUT2D eigenvalue weighted by atomic mass is 16.5. The topological polar surface area (TPSA) is 60.0 Å². The molecule has 1 saturated heterocycles. The van der Waals surface area contributed by atoms with E-state index in [9.17, 15) is 4.79 Å². The van der Waals surface area contributed by atoms with Gasteiger partial charge in [0.15, 0.2) is 11.5 Å². The van der Waals surface area contributed by atoms with Crippen molar-refractivity contribution >= 4 is 5.91 Å². The smallest absolute Gasteiger partial charge is 0.223 e. The lowest BCUT2D eigenvalue weighted by molar-refractivity contribution is -0.127. The molecule has 6 heteroatoms. The summed E-state index contributed by atoms with van der Waals surface area (Å²) in [5.74, 6) is 2.17. The van der Waals surface area contributed by atoms with Crippen molar-refractivity contribution in [1.82, 2.24) is 10.2 Å². The molecule has 1 N–H and O–H groups in total. The SMILES string of the molecule is COc1ccc(CN2CCC(C(=O)N[C@H](C)c3ccccc3)CC2)c(OC)c1OC. The Labute approximate surface area is 179 Å². The third kappa shape index (κ3) is 5.05. The second-order valence-electron chi connectivity index (χ2n) is 7.68. The number of carbonyl (C=O) groups excluding carboxylic acids is 1. The van der Waals surface area contributed by atoms with Crippen LogP contribution in [-0.4, -0.2) is 45.2 Å². The van der Waals surface area contributed by atoms with Crippen LogP contribution in [-0.2, 0) is 11.3 Å². The molecule has 30 heavy (non-hydrogen) atoms. The first-order valence-corrected chi connectivity index (χ1v) is 10.4. The molecule has 0 aliphatic carbocycles. The van der Waals surface area contributed by atoms with Crippen LogP contribution in [0, 0.1) is 5.92 Å². The molecule has 0 spiro atoms. The van der Waals surface area contributed by atoms with E-state index in [1.165, 1.54) is 0 Å². The number of methoxy groups -OCH3 is 3. The summed E-state index contributed by atoms with van der Waals surface area (Å²) in [6, 6.07) is 14.0. The molecular formula is C24H32N2O4. The first-order valence-electron chi connectivity index (χ1n) is 10.4. The molecule has 162 valence electrons. The number of piperidine rings is 1. The largest absolute Gasteiger partial charge is 0.493 e. The number of benzene rings is 2. The predicted molar refractivity (Wildman–Crippen MR) is 117 cm³/mol. The van der Waals surface area contributed by atoms with Gasteiger partial charge in [0, 0.05) is 18.0 Å². The zero-order valence-corrected chi connectivity index (χ0v) is 18.3. The van der Waals surface area contributed by atoms with Gasteiger partial charge in [0.1, 0.15) is 0 Å². The number of nitrogens with one attached hydrogen (secondary N) is 1. The lowest BCUT2D eigenvalue weighted by atomic mass is 9.94. The molecule has 1 fully saturated rings. The van der Waals surface area contributed by atoms with Crippen LogP contribution in [0.15, 0.2) is 42.5 Å². The van der Waals surface area contributed by atoms with Gasteiger partial charge in [0.05, 0.1) is 27.4 Å². The first kappa shape index (κ1) is 22.0. The van der Waals surface area contributed by atoms with Crippen LogP contribution in [0.4, 0.5) is 0 Å². The van der Waals surface area contributed by atoms with Crippen LogP contribution in [0.5, 0.6) is 17.2 Å². The average Bonchev–Trinajstić information content (AvgIpc) is 2.79. The number of amides is 1. The van der Waals surface area contributed by atoms with E-state index >= 15 is 0 Å². The lowest BCUT2D eigenvalue weighted by Gasteiger charge is -2.32. The molecule has 0 bridgehead atoms. The maximum atomic E-state index is 12.7. The van der Waals surface area contributed by atoms with E-state index in [2.05, 4.69) is 10.2 Å². The van der Waals surface area contributed by atoms with E-state index in [-0.39, 0.29) is 17.9 Å². The van der Waals surface area contributed by atoms with Crippen LogP contribution >= 0.6 is 0 Å². The second kappa shape index (κ2) is 10.3. The van der Waals surface area contributed by atoms with Gasteiger partial charge in [-0.1, -0.05) is 36.4 Å². The maximum Gasteiger partial charge on any atom is 0.223 e. The summed E-state index contributed by atoms with van der Waals surface area (Å²) in [6.07, 6.45) is 1.70. The van der Waals surface area contributed by atoms with Crippen LogP contribution in [0.3, 0.4) is 0 Å². The van der Waals surface area contributed by atoms with E-state index in [1.807, 2.05) is 49.4 Å². The third-order valence-electron chi connectivity index (χ3n) is 5.80. The molecule has 0 aromatic heterocycles. The molecule has 1 aliphatic heterocycles. The minimum absolute atomic E-state index is 0.0211. The average molecular weight is 413 g/mol. The molecule has 6 nitrogen and oxygen atoms in total. The van der Waals surface area contributed by atoms with E-state index < -0.39 is 0 Å². The van der Waals surface area contributed by atoms with Gasteiger partial charge >= 0.3 is 0 Å². The zero-order valence-electron chi connectivity index (χ0n) is 18.3. The first-order chi connectivity index (χ1) is 14.6. The summed E-state index contributed by atoms with van der Waals surface area (Å²) >= 11 is 0. The van der Waals surface area contributed by atoms with Gasteiger partial charge in [-0.2, -0.15) is 0 Å². The molecular weight excluding hydrogens is 380 g/mol. The summed E-state index contributed by atoms with van der Waals surface area (Å²) < 4.78 is 16.5. The highest BCUT2D eigenvalue weighted by molar-refractivity contribution is 5.79. The van der Waals surface area contributed by atoms with Crippen LogP contribution in [0.2, 0.25) is 0 Å². The van der Waals surface area contributed by atoms with E-state index in [1.54, 1.807) is 21.3 Å². The molecule has 2 aromatic carbocycles. The van der Waals surface area contributed by atoms with E-state index in [4.69, 9.17) is 14.2 Å². The molecule has 0 radical (unpaired) electrons. The molecule has 1 atom stereocenters. The maximum absolute atomic E-state index is 12.7. The number of likely N-dealkylation sites (tertiary alicyclic amines) is 1. The van der Waals surface area contributed by atoms with Crippen molar-refractivity contribution in [3.05, 3.63) is 53.6 Å². The predicted octanol–water partition coefficient (Wildman–Crippen LogP) is 3.80. The van der Waals surface area contributed by atoms with Gasteiger partial charge in [-0.3, -0.25) is 9.69 Å². The zero-order chi connectivity index (χ0) is 21.5. The minimum atomic E-state index is 0.0211. The van der Waals surface area contributed by atoms with E-state index in [0.717, 1.165) is 43.6 Å².